The maximum atomic E-state index is 12.5. The number of halogens is 1. The molecular weight excluding hydrogens is 352 g/mol. The van der Waals surface area contributed by atoms with E-state index in [1.165, 1.54) is 7.05 Å². The number of amides is 1. The van der Waals surface area contributed by atoms with Crippen LogP contribution in [0.4, 0.5) is 0 Å². The number of aliphatic hydroxyl groups excluding tert-OH is 5. The van der Waals surface area contributed by atoms with E-state index in [1.54, 1.807) is 24.3 Å². The van der Waals surface area contributed by atoms with E-state index >= 15 is 0 Å². The number of nitrogens with one attached hydrogen (secondary N) is 1. The number of carbonyl (C=O) groups is 1. The Morgan fingerprint density at radius 1 is 1.20 bits per heavy atom. The Bertz CT molecular complexity index is 736. The lowest BCUT2D eigenvalue weighted by molar-refractivity contribution is -0.117. The molecule has 1 aromatic carbocycles. The largest absolute Gasteiger partial charge is 0.394 e. The van der Waals surface area contributed by atoms with Crippen LogP contribution >= 0.6 is 11.6 Å². The van der Waals surface area contributed by atoms with Crippen molar-refractivity contribution in [2.75, 3.05) is 20.2 Å². The van der Waals surface area contributed by atoms with Crippen LogP contribution in [0.3, 0.4) is 0 Å². The van der Waals surface area contributed by atoms with Crippen molar-refractivity contribution >= 4 is 28.4 Å². The van der Waals surface area contributed by atoms with E-state index in [1.807, 2.05) is 0 Å². The van der Waals surface area contributed by atoms with Crippen LogP contribution in [0.5, 0.6) is 0 Å². The van der Waals surface area contributed by atoms with Crippen molar-refractivity contribution in [2.45, 2.75) is 24.4 Å². The molecule has 138 valence electrons. The lowest BCUT2D eigenvalue weighted by atomic mass is 10.0. The second kappa shape index (κ2) is 8.13. The molecule has 0 saturated heterocycles. The average Bonchev–Trinajstić information content (AvgIpc) is 3.04. The fourth-order valence-electron chi connectivity index (χ4n) is 2.47. The molecule has 2 aromatic rings. The van der Waals surface area contributed by atoms with Gasteiger partial charge in [-0.3, -0.25) is 4.79 Å². The quantitative estimate of drug-likeness (QED) is 0.381. The normalized spacial score (nSPS) is 16.4. The molecule has 1 heterocycles. The predicted molar refractivity (Wildman–Crippen MR) is 91.4 cm³/mol. The van der Waals surface area contributed by atoms with Gasteiger partial charge in [0.25, 0.3) is 5.91 Å². The van der Waals surface area contributed by atoms with Gasteiger partial charge in [0.2, 0.25) is 0 Å². The molecule has 0 aliphatic rings. The molecule has 8 nitrogen and oxygen atoms in total. The molecule has 0 aliphatic carbocycles. The standard InChI is InChI=1S/C16H21ClN2O6/c1-19(6-11(21)14(23)15(24)12(22)7-20)16(25)10-5-8-3-2-4-9(17)13(8)18-10/h2-5,11-12,14-15,18,20-24H,6-7H2,1H3. The number of hydrogen-bond donors (Lipinski definition) is 6. The molecule has 2 rings (SSSR count). The summed E-state index contributed by atoms with van der Waals surface area (Å²) in [6.45, 7) is -1.06. The van der Waals surface area contributed by atoms with Gasteiger partial charge < -0.3 is 35.4 Å². The van der Waals surface area contributed by atoms with E-state index in [0.717, 1.165) is 10.3 Å². The lowest BCUT2D eigenvalue weighted by Gasteiger charge is -2.28. The van der Waals surface area contributed by atoms with E-state index in [-0.39, 0.29) is 12.2 Å². The van der Waals surface area contributed by atoms with Crippen LogP contribution in [0.2, 0.25) is 5.02 Å². The Hall–Kier alpha value is -1.68. The third-order valence-corrected chi connectivity index (χ3v) is 4.28. The number of fused-ring (bicyclic) bond motifs is 1. The van der Waals surface area contributed by atoms with Crippen LogP contribution in [0, 0.1) is 0 Å². The van der Waals surface area contributed by atoms with Gasteiger partial charge in [-0.1, -0.05) is 23.7 Å². The van der Waals surface area contributed by atoms with Gasteiger partial charge in [-0.25, -0.2) is 0 Å². The van der Waals surface area contributed by atoms with Gasteiger partial charge in [-0.15, -0.1) is 0 Å². The minimum Gasteiger partial charge on any atom is -0.394 e. The number of likely N-dealkylation sites (N-methyl/N-ethyl adjacent to an activating group) is 1. The third-order valence-electron chi connectivity index (χ3n) is 3.97. The first-order valence-electron chi connectivity index (χ1n) is 7.62. The SMILES string of the molecule is CN(CC(O)C(O)C(O)C(O)CO)C(=O)c1cc2cccc(Cl)c2[nH]1. The van der Waals surface area contributed by atoms with E-state index in [0.29, 0.717) is 10.5 Å². The van der Waals surface area contributed by atoms with E-state index in [4.69, 9.17) is 16.7 Å². The summed E-state index contributed by atoms with van der Waals surface area (Å²) in [4.78, 5) is 16.5. The molecule has 6 N–H and O–H groups in total. The second-order valence-electron chi connectivity index (χ2n) is 5.87. The highest BCUT2D eigenvalue weighted by Gasteiger charge is 2.31. The summed E-state index contributed by atoms with van der Waals surface area (Å²) >= 11 is 6.06. The minimum atomic E-state index is -1.74. The Morgan fingerprint density at radius 3 is 2.44 bits per heavy atom. The molecule has 4 unspecified atom stereocenters. The summed E-state index contributed by atoms with van der Waals surface area (Å²) in [5.74, 6) is -0.448. The molecule has 1 aromatic heterocycles. The van der Waals surface area contributed by atoms with Crippen molar-refractivity contribution in [1.29, 1.82) is 0 Å². The number of aliphatic hydroxyl groups is 5. The van der Waals surface area contributed by atoms with Crippen LogP contribution in [0.1, 0.15) is 10.5 Å². The van der Waals surface area contributed by atoms with Gasteiger partial charge in [0, 0.05) is 19.0 Å². The zero-order valence-electron chi connectivity index (χ0n) is 13.5. The zero-order valence-corrected chi connectivity index (χ0v) is 14.3. The maximum absolute atomic E-state index is 12.5. The minimum absolute atomic E-state index is 0.253. The third kappa shape index (κ3) is 4.30. The van der Waals surface area contributed by atoms with E-state index < -0.39 is 36.9 Å². The molecule has 1 amide bonds. The number of para-hydroxylation sites is 1. The zero-order chi connectivity index (χ0) is 18.7. The second-order valence-corrected chi connectivity index (χ2v) is 6.28. The molecule has 0 radical (unpaired) electrons. The highest BCUT2D eigenvalue weighted by atomic mass is 35.5. The predicted octanol–water partition coefficient (Wildman–Crippen LogP) is -0.671. The highest BCUT2D eigenvalue weighted by Crippen LogP contribution is 2.24. The molecule has 0 aliphatic heterocycles. The van der Waals surface area contributed by atoms with E-state index in [9.17, 15) is 25.2 Å². The van der Waals surface area contributed by atoms with Gasteiger partial charge in [0.05, 0.1) is 17.1 Å². The monoisotopic (exact) mass is 372 g/mol. The van der Waals surface area contributed by atoms with Crippen LogP contribution < -0.4 is 0 Å². The summed E-state index contributed by atoms with van der Waals surface area (Å²) < 4.78 is 0. The summed E-state index contributed by atoms with van der Waals surface area (Å²) in [6, 6.07) is 6.85. The Labute approximate surface area is 148 Å². The van der Waals surface area contributed by atoms with Crippen LogP contribution in [0.25, 0.3) is 10.9 Å². The fourth-order valence-corrected chi connectivity index (χ4v) is 2.70. The van der Waals surface area contributed by atoms with Crippen molar-refractivity contribution in [1.82, 2.24) is 9.88 Å². The number of benzene rings is 1. The molecule has 0 saturated carbocycles. The first kappa shape index (κ1) is 19.6. The number of carbonyl (C=O) groups excluding carboxylic acids is 1. The number of H-pyrrole nitrogens is 1. The van der Waals surface area contributed by atoms with Crippen LogP contribution in [0.15, 0.2) is 24.3 Å². The topological polar surface area (TPSA) is 137 Å². The van der Waals surface area contributed by atoms with Crippen molar-refractivity contribution < 1.29 is 30.3 Å². The summed E-state index contributed by atoms with van der Waals surface area (Å²) in [5, 5.41) is 48.7. The number of hydrogen-bond acceptors (Lipinski definition) is 6. The van der Waals surface area contributed by atoms with Crippen molar-refractivity contribution in [2.24, 2.45) is 0 Å². The Morgan fingerprint density at radius 2 is 1.84 bits per heavy atom. The first-order chi connectivity index (χ1) is 11.8. The molecular formula is C16H21ClN2O6. The lowest BCUT2D eigenvalue weighted by Crippen LogP contribution is -2.50. The number of nitrogens with zero attached hydrogens (tertiary/aromatic N) is 1. The maximum Gasteiger partial charge on any atom is 0.270 e. The van der Waals surface area contributed by atoms with Crippen molar-refractivity contribution in [3.63, 3.8) is 0 Å². The number of rotatable bonds is 7. The molecule has 0 fully saturated rings. The molecule has 9 heteroatoms. The average molecular weight is 373 g/mol. The molecule has 0 spiro atoms. The molecule has 25 heavy (non-hydrogen) atoms. The Balaban J connectivity index is 2.07. The van der Waals surface area contributed by atoms with E-state index in [2.05, 4.69) is 4.98 Å². The van der Waals surface area contributed by atoms with Gasteiger partial charge in [0.1, 0.15) is 30.1 Å². The van der Waals surface area contributed by atoms with Crippen molar-refractivity contribution in [3.05, 3.63) is 35.0 Å². The van der Waals surface area contributed by atoms with Crippen molar-refractivity contribution in [3.8, 4) is 0 Å². The van der Waals surface area contributed by atoms with Gasteiger partial charge in [0.15, 0.2) is 0 Å². The molecule has 4 atom stereocenters. The number of aromatic amines is 1. The van der Waals surface area contributed by atoms with Gasteiger partial charge in [-0.05, 0) is 12.1 Å². The van der Waals surface area contributed by atoms with Gasteiger partial charge >= 0.3 is 0 Å². The van der Waals surface area contributed by atoms with Crippen LogP contribution in [-0.2, 0) is 0 Å². The van der Waals surface area contributed by atoms with Crippen LogP contribution in [-0.4, -0.2) is 85.9 Å². The smallest absolute Gasteiger partial charge is 0.270 e. The Kier molecular flexibility index (Phi) is 6.39. The summed E-state index contributed by atoms with van der Waals surface area (Å²) in [7, 11) is 1.42. The summed E-state index contributed by atoms with van der Waals surface area (Å²) in [6.07, 6.45) is -6.58. The fraction of sp³-hybridized carbons (Fsp3) is 0.438. The van der Waals surface area contributed by atoms with Gasteiger partial charge in [-0.2, -0.15) is 0 Å². The number of aromatic nitrogens is 1. The molecule has 0 bridgehead atoms. The summed E-state index contributed by atoms with van der Waals surface area (Å²) in [5.41, 5.74) is 0.867. The first-order valence-corrected chi connectivity index (χ1v) is 8.00. The highest BCUT2D eigenvalue weighted by molar-refractivity contribution is 6.35.